The lowest BCUT2D eigenvalue weighted by molar-refractivity contribution is -0.118. The van der Waals surface area contributed by atoms with Crippen LogP contribution in [0.25, 0.3) is 0 Å². The molecule has 0 aliphatic carbocycles. The lowest BCUT2D eigenvalue weighted by Gasteiger charge is -2.16. The van der Waals surface area contributed by atoms with E-state index in [1.165, 1.54) is 17.8 Å². The van der Waals surface area contributed by atoms with Crippen molar-refractivity contribution in [3.63, 3.8) is 0 Å². The van der Waals surface area contributed by atoms with Crippen molar-refractivity contribution in [2.45, 2.75) is 18.2 Å². The summed E-state index contributed by atoms with van der Waals surface area (Å²) in [5, 5.41) is 3.39. The molecule has 1 aromatic rings. The van der Waals surface area contributed by atoms with Gasteiger partial charge >= 0.3 is 6.03 Å². The molecule has 2 rings (SSSR count). The molecule has 1 N–H and O–H groups in total. The van der Waals surface area contributed by atoms with Gasteiger partial charge in [-0.25, -0.2) is 9.69 Å². The third kappa shape index (κ3) is 2.68. The summed E-state index contributed by atoms with van der Waals surface area (Å²) < 4.78 is 0. The molecule has 4 nitrogen and oxygen atoms in total. The summed E-state index contributed by atoms with van der Waals surface area (Å²) in [5.41, 5.74) is 0.351. The number of carbonyl (C=O) groups excluding carboxylic acids is 2. The van der Waals surface area contributed by atoms with Gasteiger partial charge < -0.3 is 5.32 Å². The van der Waals surface area contributed by atoms with Gasteiger partial charge in [-0.05, 0) is 24.5 Å². The average Bonchev–Trinajstić information content (AvgIpc) is 2.65. The molecule has 3 amide bonds. The van der Waals surface area contributed by atoms with Crippen LogP contribution in [0.1, 0.15) is 6.92 Å². The first-order valence-corrected chi connectivity index (χ1v) is 7.62. The van der Waals surface area contributed by atoms with Gasteiger partial charge in [0.05, 0.1) is 10.7 Å². The number of hydrogen-bond donors (Lipinski definition) is 1. The minimum Gasteiger partial charge on any atom is -0.324 e. The molecule has 0 aromatic heterocycles. The summed E-state index contributed by atoms with van der Waals surface area (Å²) in [6.07, 6.45) is 1.89. The van der Waals surface area contributed by atoms with Crippen LogP contribution in [0.15, 0.2) is 18.2 Å². The van der Waals surface area contributed by atoms with E-state index in [9.17, 15) is 9.59 Å². The summed E-state index contributed by atoms with van der Waals surface area (Å²) in [4.78, 5) is 25.3. The van der Waals surface area contributed by atoms with E-state index in [1.807, 2.05) is 13.2 Å². The number of imide groups is 1. The van der Waals surface area contributed by atoms with E-state index in [-0.39, 0.29) is 16.2 Å². The molecule has 0 radical (unpaired) electrons. The van der Waals surface area contributed by atoms with Gasteiger partial charge in [-0.1, -0.05) is 30.1 Å². The van der Waals surface area contributed by atoms with Crippen LogP contribution in [0.4, 0.5) is 10.5 Å². The van der Waals surface area contributed by atoms with Crippen molar-refractivity contribution in [1.29, 1.82) is 0 Å². The van der Waals surface area contributed by atoms with Gasteiger partial charge in [0.1, 0.15) is 6.04 Å². The molecule has 1 aliphatic rings. The number of urea groups is 1. The van der Waals surface area contributed by atoms with E-state index in [2.05, 4.69) is 5.32 Å². The first-order chi connectivity index (χ1) is 8.95. The Balaban J connectivity index is 2.35. The molecule has 7 heteroatoms. The lowest BCUT2D eigenvalue weighted by atomic mass is 10.2. The van der Waals surface area contributed by atoms with Crippen molar-refractivity contribution in [3.8, 4) is 0 Å². The van der Waals surface area contributed by atoms with Gasteiger partial charge in [-0.3, -0.25) is 4.79 Å². The second kappa shape index (κ2) is 5.61. The number of anilines is 1. The first kappa shape index (κ1) is 14.5. The Labute approximate surface area is 125 Å². The van der Waals surface area contributed by atoms with Crippen molar-refractivity contribution in [2.75, 3.05) is 11.2 Å². The first-order valence-electron chi connectivity index (χ1n) is 5.58. The number of rotatable bonds is 3. The Morgan fingerprint density at radius 1 is 1.37 bits per heavy atom. The third-order valence-electron chi connectivity index (χ3n) is 2.96. The van der Waals surface area contributed by atoms with Crippen LogP contribution in [0, 0.1) is 0 Å². The standard InChI is InChI=1S/C12H12Cl2N2O2S/c1-6(19-2)10-11(17)16(12(18)15-10)9-4-3-7(13)5-8(9)14/h3-6,10H,1-2H3,(H,15,18). The predicted molar refractivity (Wildman–Crippen MR) is 79.2 cm³/mol. The molecule has 0 saturated carbocycles. The Morgan fingerprint density at radius 2 is 2.05 bits per heavy atom. The largest absolute Gasteiger partial charge is 0.329 e. The van der Waals surface area contributed by atoms with Crippen LogP contribution in [0.2, 0.25) is 10.0 Å². The fourth-order valence-electron chi connectivity index (χ4n) is 1.84. The van der Waals surface area contributed by atoms with Crippen LogP contribution in [0.5, 0.6) is 0 Å². The van der Waals surface area contributed by atoms with Crippen LogP contribution < -0.4 is 10.2 Å². The molecule has 19 heavy (non-hydrogen) atoms. The number of carbonyl (C=O) groups is 2. The highest BCUT2D eigenvalue weighted by molar-refractivity contribution is 7.99. The number of benzene rings is 1. The van der Waals surface area contributed by atoms with E-state index in [4.69, 9.17) is 23.2 Å². The van der Waals surface area contributed by atoms with E-state index in [1.54, 1.807) is 12.1 Å². The zero-order chi connectivity index (χ0) is 14.2. The highest BCUT2D eigenvalue weighted by Gasteiger charge is 2.42. The van der Waals surface area contributed by atoms with Crippen molar-refractivity contribution in [2.24, 2.45) is 0 Å². The van der Waals surface area contributed by atoms with Crippen molar-refractivity contribution >= 4 is 52.6 Å². The second-order valence-electron chi connectivity index (χ2n) is 4.14. The summed E-state index contributed by atoms with van der Waals surface area (Å²) in [6, 6.07) is 3.67. The van der Waals surface area contributed by atoms with E-state index >= 15 is 0 Å². The number of halogens is 2. The molecule has 102 valence electrons. The second-order valence-corrected chi connectivity index (χ2v) is 6.20. The summed E-state index contributed by atoms with van der Waals surface area (Å²) in [6.45, 7) is 1.89. The smallest absolute Gasteiger partial charge is 0.324 e. The molecular formula is C12H12Cl2N2O2S. The fourth-order valence-corrected chi connectivity index (χ4v) is 2.79. The van der Waals surface area contributed by atoms with E-state index in [0.717, 1.165) is 4.90 Å². The molecular weight excluding hydrogens is 307 g/mol. The summed E-state index contributed by atoms with van der Waals surface area (Å²) >= 11 is 13.4. The maximum atomic E-state index is 12.3. The van der Waals surface area contributed by atoms with Gasteiger partial charge in [0.2, 0.25) is 0 Å². The van der Waals surface area contributed by atoms with Crippen molar-refractivity contribution in [1.82, 2.24) is 5.32 Å². The Morgan fingerprint density at radius 3 is 2.63 bits per heavy atom. The number of thioether (sulfide) groups is 1. The van der Waals surface area contributed by atoms with Crippen LogP contribution in [-0.2, 0) is 4.79 Å². The molecule has 1 saturated heterocycles. The highest BCUT2D eigenvalue weighted by Crippen LogP contribution is 2.32. The van der Waals surface area contributed by atoms with Crippen molar-refractivity contribution < 1.29 is 9.59 Å². The Bertz CT molecular complexity index is 538. The normalized spacial score (nSPS) is 20.6. The zero-order valence-corrected chi connectivity index (χ0v) is 12.6. The average molecular weight is 319 g/mol. The summed E-state index contributed by atoms with van der Waals surface area (Å²) in [5.74, 6) is -0.295. The Hall–Kier alpha value is -0.910. The number of amides is 3. The van der Waals surface area contributed by atoms with Gasteiger partial charge in [0, 0.05) is 10.3 Å². The topological polar surface area (TPSA) is 49.4 Å². The third-order valence-corrected chi connectivity index (χ3v) is 4.51. The lowest BCUT2D eigenvalue weighted by Crippen LogP contribution is -2.37. The molecule has 1 aliphatic heterocycles. The van der Waals surface area contributed by atoms with E-state index < -0.39 is 12.1 Å². The molecule has 0 spiro atoms. The van der Waals surface area contributed by atoms with Crippen LogP contribution in [0.3, 0.4) is 0 Å². The van der Waals surface area contributed by atoms with Gasteiger partial charge in [-0.2, -0.15) is 11.8 Å². The van der Waals surface area contributed by atoms with E-state index in [0.29, 0.717) is 10.7 Å². The van der Waals surface area contributed by atoms with Crippen LogP contribution in [-0.4, -0.2) is 29.5 Å². The summed E-state index contributed by atoms with van der Waals surface area (Å²) in [7, 11) is 0. The fraction of sp³-hybridized carbons (Fsp3) is 0.333. The Kier molecular flexibility index (Phi) is 4.28. The maximum Gasteiger partial charge on any atom is 0.329 e. The molecule has 1 fully saturated rings. The molecule has 2 atom stereocenters. The monoisotopic (exact) mass is 318 g/mol. The predicted octanol–water partition coefficient (Wildman–Crippen LogP) is 3.17. The quantitative estimate of drug-likeness (QED) is 0.871. The van der Waals surface area contributed by atoms with Crippen LogP contribution >= 0.6 is 35.0 Å². The minimum absolute atomic E-state index is 0.00692. The zero-order valence-electron chi connectivity index (χ0n) is 10.3. The van der Waals surface area contributed by atoms with Gasteiger partial charge in [0.25, 0.3) is 5.91 Å². The highest BCUT2D eigenvalue weighted by atomic mass is 35.5. The van der Waals surface area contributed by atoms with Gasteiger partial charge in [-0.15, -0.1) is 0 Å². The molecule has 1 heterocycles. The van der Waals surface area contributed by atoms with Crippen molar-refractivity contribution in [3.05, 3.63) is 28.2 Å². The number of nitrogens with one attached hydrogen (secondary N) is 1. The number of hydrogen-bond acceptors (Lipinski definition) is 3. The molecule has 2 unspecified atom stereocenters. The van der Waals surface area contributed by atoms with Gasteiger partial charge in [0.15, 0.2) is 0 Å². The maximum absolute atomic E-state index is 12.3. The SMILES string of the molecule is CSC(C)C1NC(=O)N(c2ccc(Cl)cc2Cl)C1=O. The molecule has 0 bridgehead atoms. The number of nitrogens with zero attached hydrogens (tertiary/aromatic N) is 1. The molecule has 1 aromatic carbocycles. The minimum atomic E-state index is -0.533.